The zero-order valence-electron chi connectivity index (χ0n) is 12.7. The van der Waals surface area contributed by atoms with Crippen molar-refractivity contribution in [2.75, 3.05) is 39.3 Å². The molecule has 0 aromatic carbocycles. The number of aliphatic hydroxyl groups excluding tert-OH is 1. The number of amides is 2. The van der Waals surface area contributed by atoms with E-state index in [0.717, 1.165) is 64.8 Å². The van der Waals surface area contributed by atoms with E-state index in [0.29, 0.717) is 5.92 Å². The van der Waals surface area contributed by atoms with Crippen LogP contribution >= 0.6 is 0 Å². The summed E-state index contributed by atoms with van der Waals surface area (Å²) < 4.78 is 0. The number of urea groups is 1. The number of rotatable bonds is 4. The summed E-state index contributed by atoms with van der Waals surface area (Å²) in [6, 6.07) is 0.182. The Hall–Kier alpha value is -0.810. The van der Waals surface area contributed by atoms with Gasteiger partial charge in [0.2, 0.25) is 0 Å². The summed E-state index contributed by atoms with van der Waals surface area (Å²) in [5, 5.41) is 12.8. The van der Waals surface area contributed by atoms with E-state index in [-0.39, 0.29) is 18.7 Å². The van der Waals surface area contributed by atoms with Gasteiger partial charge in [0.1, 0.15) is 0 Å². The summed E-state index contributed by atoms with van der Waals surface area (Å²) in [5.74, 6) is 0.703. The third-order valence-corrected chi connectivity index (χ3v) is 4.65. The highest BCUT2D eigenvalue weighted by Crippen LogP contribution is 2.22. The number of carbonyl (C=O) groups excluding carboxylic acids is 1. The quantitative estimate of drug-likeness (QED) is 0.817. The van der Waals surface area contributed by atoms with Crippen molar-refractivity contribution in [3.63, 3.8) is 0 Å². The Labute approximate surface area is 122 Å². The second-order valence-corrected chi connectivity index (χ2v) is 6.05. The van der Waals surface area contributed by atoms with Crippen molar-refractivity contribution in [3.8, 4) is 0 Å². The molecule has 2 aliphatic heterocycles. The molecule has 0 saturated carbocycles. The molecule has 0 bridgehead atoms. The van der Waals surface area contributed by atoms with Gasteiger partial charge in [-0.2, -0.15) is 0 Å². The minimum atomic E-state index is 0.0377. The van der Waals surface area contributed by atoms with Gasteiger partial charge in [0, 0.05) is 19.6 Å². The number of hydrogen-bond acceptors (Lipinski definition) is 3. The predicted molar refractivity (Wildman–Crippen MR) is 79.7 cm³/mol. The van der Waals surface area contributed by atoms with Gasteiger partial charge in [0.25, 0.3) is 0 Å². The first-order chi connectivity index (χ1) is 9.76. The van der Waals surface area contributed by atoms with Crippen LogP contribution < -0.4 is 5.32 Å². The highest BCUT2D eigenvalue weighted by Gasteiger charge is 2.31. The van der Waals surface area contributed by atoms with Gasteiger partial charge < -0.3 is 20.2 Å². The van der Waals surface area contributed by atoms with E-state index in [9.17, 15) is 9.90 Å². The minimum absolute atomic E-state index is 0.0377. The van der Waals surface area contributed by atoms with Crippen molar-refractivity contribution in [1.29, 1.82) is 0 Å². The van der Waals surface area contributed by atoms with Crippen molar-refractivity contribution < 1.29 is 9.90 Å². The largest absolute Gasteiger partial charge is 0.394 e. The molecule has 2 rings (SSSR count). The molecule has 0 aromatic rings. The summed E-state index contributed by atoms with van der Waals surface area (Å²) in [6.45, 7) is 6.85. The smallest absolute Gasteiger partial charge is 0.320 e. The van der Waals surface area contributed by atoms with Gasteiger partial charge >= 0.3 is 6.03 Å². The van der Waals surface area contributed by atoms with Crippen LogP contribution in [0.15, 0.2) is 0 Å². The van der Waals surface area contributed by atoms with E-state index < -0.39 is 0 Å². The first-order valence-corrected chi connectivity index (χ1v) is 8.13. The second-order valence-electron chi connectivity index (χ2n) is 6.05. The highest BCUT2D eigenvalue weighted by atomic mass is 16.3. The van der Waals surface area contributed by atoms with Gasteiger partial charge in [0.15, 0.2) is 0 Å². The number of carbonyl (C=O) groups is 1. The Balaban J connectivity index is 1.81. The molecule has 0 spiro atoms. The summed E-state index contributed by atoms with van der Waals surface area (Å²) in [7, 11) is 0. The molecule has 20 heavy (non-hydrogen) atoms. The topological polar surface area (TPSA) is 55.8 Å². The van der Waals surface area contributed by atoms with Crippen LogP contribution in [-0.4, -0.2) is 66.3 Å². The SMILES string of the molecule is CCNCC1CCN(C(=O)N2CCCCC2CO)CC1. The maximum atomic E-state index is 12.6. The van der Waals surface area contributed by atoms with Crippen molar-refractivity contribution in [3.05, 3.63) is 0 Å². The van der Waals surface area contributed by atoms with Crippen LogP contribution in [0.1, 0.15) is 39.0 Å². The Morgan fingerprint density at radius 2 is 1.95 bits per heavy atom. The fraction of sp³-hybridized carbons (Fsp3) is 0.933. The number of nitrogens with one attached hydrogen (secondary N) is 1. The van der Waals surface area contributed by atoms with Gasteiger partial charge in [-0.1, -0.05) is 6.92 Å². The first-order valence-electron chi connectivity index (χ1n) is 8.13. The predicted octanol–water partition coefficient (Wildman–Crippen LogP) is 1.27. The molecule has 2 aliphatic rings. The van der Waals surface area contributed by atoms with Crippen LogP contribution in [0, 0.1) is 5.92 Å². The molecular formula is C15H29N3O2. The Kier molecular flexibility index (Phi) is 6.10. The van der Waals surface area contributed by atoms with E-state index in [1.54, 1.807) is 0 Å². The maximum absolute atomic E-state index is 12.6. The van der Waals surface area contributed by atoms with E-state index >= 15 is 0 Å². The average Bonchev–Trinajstić information content (AvgIpc) is 2.52. The minimum Gasteiger partial charge on any atom is -0.394 e. The molecule has 5 nitrogen and oxygen atoms in total. The van der Waals surface area contributed by atoms with Crippen molar-refractivity contribution in [2.24, 2.45) is 5.92 Å². The van der Waals surface area contributed by atoms with Crippen LogP contribution in [0.5, 0.6) is 0 Å². The normalized spacial score (nSPS) is 25.0. The van der Waals surface area contributed by atoms with Gasteiger partial charge in [-0.3, -0.25) is 0 Å². The lowest BCUT2D eigenvalue weighted by Gasteiger charge is -2.40. The summed E-state index contributed by atoms with van der Waals surface area (Å²) in [5.41, 5.74) is 0. The fourth-order valence-corrected chi connectivity index (χ4v) is 3.30. The molecule has 2 N–H and O–H groups in total. The Bertz CT molecular complexity index is 303. The third-order valence-electron chi connectivity index (χ3n) is 4.65. The summed E-state index contributed by atoms with van der Waals surface area (Å²) in [4.78, 5) is 16.4. The number of likely N-dealkylation sites (tertiary alicyclic amines) is 2. The van der Waals surface area contributed by atoms with Crippen LogP contribution in [0.4, 0.5) is 4.79 Å². The van der Waals surface area contributed by atoms with E-state index in [1.165, 1.54) is 0 Å². The lowest BCUT2D eigenvalue weighted by Crippen LogP contribution is -2.53. The molecule has 2 amide bonds. The number of hydrogen-bond donors (Lipinski definition) is 2. The van der Waals surface area contributed by atoms with Crippen molar-refractivity contribution in [1.82, 2.24) is 15.1 Å². The van der Waals surface area contributed by atoms with Gasteiger partial charge in [-0.25, -0.2) is 4.79 Å². The lowest BCUT2D eigenvalue weighted by molar-refractivity contribution is 0.0766. The van der Waals surface area contributed by atoms with Crippen molar-refractivity contribution >= 4 is 6.03 Å². The zero-order valence-corrected chi connectivity index (χ0v) is 12.7. The standard InChI is InChI=1S/C15H29N3O2/c1-2-16-11-13-6-9-17(10-7-13)15(20)18-8-4-3-5-14(18)12-19/h13-14,16,19H,2-12H2,1H3. The summed E-state index contributed by atoms with van der Waals surface area (Å²) >= 11 is 0. The molecule has 2 heterocycles. The zero-order chi connectivity index (χ0) is 14.4. The van der Waals surface area contributed by atoms with Gasteiger partial charge in [0.05, 0.1) is 12.6 Å². The summed E-state index contributed by atoms with van der Waals surface area (Å²) in [6.07, 6.45) is 5.32. The number of piperidine rings is 2. The van der Waals surface area contributed by atoms with Crippen molar-refractivity contribution in [2.45, 2.75) is 45.1 Å². The van der Waals surface area contributed by atoms with Gasteiger partial charge in [-0.15, -0.1) is 0 Å². The molecule has 5 heteroatoms. The van der Waals surface area contributed by atoms with E-state index in [4.69, 9.17) is 0 Å². The Morgan fingerprint density at radius 3 is 2.60 bits per heavy atom. The van der Waals surface area contributed by atoms with Crippen LogP contribution in [-0.2, 0) is 0 Å². The molecule has 116 valence electrons. The Morgan fingerprint density at radius 1 is 1.20 bits per heavy atom. The van der Waals surface area contributed by atoms with Gasteiger partial charge in [-0.05, 0) is 51.1 Å². The number of nitrogens with zero attached hydrogens (tertiary/aromatic N) is 2. The number of aliphatic hydroxyl groups is 1. The second kappa shape index (κ2) is 7.84. The van der Waals surface area contributed by atoms with E-state index in [2.05, 4.69) is 12.2 Å². The molecule has 0 aromatic heterocycles. The molecule has 1 atom stereocenters. The van der Waals surface area contributed by atoms with E-state index in [1.807, 2.05) is 9.80 Å². The first kappa shape index (κ1) is 15.6. The average molecular weight is 283 g/mol. The van der Waals surface area contributed by atoms with Crippen LogP contribution in [0.2, 0.25) is 0 Å². The highest BCUT2D eigenvalue weighted by molar-refractivity contribution is 5.75. The molecule has 2 fully saturated rings. The van der Waals surface area contributed by atoms with Crippen LogP contribution in [0.3, 0.4) is 0 Å². The molecule has 0 radical (unpaired) electrons. The molecule has 2 saturated heterocycles. The molecule has 0 aliphatic carbocycles. The maximum Gasteiger partial charge on any atom is 0.320 e. The fourth-order valence-electron chi connectivity index (χ4n) is 3.30. The molecule has 1 unspecified atom stereocenters. The monoisotopic (exact) mass is 283 g/mol. The molecular weight excluding hydrogens is 254 g/mol. The van der Waals surface area contributed by atoms with Crippen LogP contribution in [0.25, 0.3) is 0 Å². The lowest BCUT2D eigenvalue weighted by atomic mass is 9.96. The third kappa shape index (κ3) is 3.85.